The third-order valence-electron chi connectivity index (χ3n) is 4.88. The Balaban J connectivity index is 1.86. The highest BCUT2D eigenvalue weighted by Crippen LogP contribution is 2.29. The van der Waals surface area contributed by atoms with Gasteiger partial charge in [-0.25, -0.2) is 17.8 Å². The number of nitrogens with zero attached hydrogens (tertiary/aromatic N) is 3. The summed E-state index contributed by atoms with van der Waals surface area (Å²) in [6, 6.07) is 8.01. The van der Waals surface area contributed by atoms with E-state index in [9.17, 15) is 17.6 Å². The molecule has 0 bridgehead atoms. The van der Waals surface area contributed by atoms with Crippen molar-refractivity contribution in [2.75, 3.05) is 11.8 Å². The van der Waals surface area contributed by atoms with Gasteiger partial charge in [0.15, 0.2) is 11.6 Å². The molecule has 3 aromatic heterocycles. The van der Waals surface area contributed by atoms with Gasteiger partial charge in [-0.1, -0.05) is 5.16 Å². The maximum atomic E-state index is 14.2. The number of hydrogen-bond donors (Lipinski definition) is 1. The van der Waals surface area contributed by atoms with Gasteiger partial charge in [-0.15, -0.1) is 0 Å². The van der Waals surface area contributed by atoms with Crippen LogP contribution in [-0.2, 0) is 10.0 Å². The Labute approximate surface area is 190 Å². The normalized spacial score (nSPS) is 11.7. The van der Waals surface area contributed by atoms with Gasteiger partial charge in [-0.05, 0) is 54.0 Å². The largest absolute Gasteiger partial charge is 0.479 e. The second-order valence-corrected chi connectivity index (χ2v) is 9.27. The van der Waals surface area contributed by atoms with E-state index in [-0.39, 0.29) is 26.9 Å². The summed E-state index contributed by atoms with van der Waals surface area (Å²) >= 11 is 2.99. The quantitative estimate of drug-likeness (QED) is 0.397. The maximum Gasteiger partial charge on any atom is 0.263 e. The van der Waals surface area contributed by atoms with Crippen molar-refractivity contribution in [2.45, 2.75) is 18.7 Å². The van der Waals surface area contributed by atoms with Gasteiger partial charge < -0.3 is 9.26 Å². The lowest BCUT2D eigenvalue weighted by molar-refractivity contribution is 0.392. The number of benzene rings is 1. The molecule has 9 nitrogen and oxygen atoms in total. The number of pyridine rings is 2. The van der Waals surface area contributed by atoms with Crippen molar-refractivity contribution in [3.63, 3.8) is 0 Å². The summed E-state index contributed by atoms with van der Waals surface area (Å²) in [5, 5.41) is 4.14. The van der Waals surface area contributed by atoms with Crippen LogP contribution in [0, 0.1) is 19.7 Å². The monoisotopic (exact) mass is 522 g/mol. The Hall–Kier alpha value is -3.25. The lowest BCUT2D eigenvalue weighted by Gasteiger charge is -2.14. The fourth-order valence-corrected chi connectivity index (χ4v) is 4.46. The molecule has 0 saturated carbocycles. The van der Waals surface area contributed by atoms with Crippen LogP contribution in [0.5, 0.6) is 5.88 Å². The molecule has 4 aromatic rings. The summed E-state index contributed by atoms with van der Waals surface area (Å²) in [5.74, 6) is -0.0854. The minimum absolute atomic E-state index is 0.0168. The van der Waals surface area contributed by atoms with E-state index in [1.807, 2.05) is 0 Å². The zero-order chi connectivity index (χ0) is 23.2. The highest BCUT2D eigenvalue weighted by molar-refractivity contribution is 9.10. The van der Waals surface area contributed by atoms with Crippen molar-refractivity contribution >= 4 is 42.7 Å². The van der Waals surface area contributed by atoms with E-state index in [1.54, 1.807) is 13.8 Å². The van der Waals surface area contributed by atoms with Gasteiger partial charge in [0.2, 0.25) is 5.88 Å². The summed E-state index contributed by atoms with van der Waals surface area (Å²) < 4.78 is 53.7. The average molecular weight is 523 g/mol. The molecular formula is C20H16BrFN4O5S. The molecular weight excluding hydrogens is 507 g/mol. The van der Waals surface area contributed by atoms with Gasteiger partial charge in [0.1, 0.15) is 16.1 Å². The van der Waals surface area contributed by atoms with E-state index in [2.05, 4.69) is 30.8 Å². The number of halogens is 2. The minimum Gasteiger partial charge on any atom is -0.479 e. The Kier molecular flexibility index (Phi) is 5.51. The maximum absolute atomic E-state index is 14.2. The standard InChI is InChI=1S/C20H16BrFN4O5S/c1-10-11(2)31-24-19(10)25-32(28,29)13-5-6-15-12(8-13)4-7-17(27)26(15)16-9-14(22)18(21)23-20(16)30-3/h4-9H,1-3H3,(H,24,25). The van der Waals surface area contributed by atoms with Gasteiger partial charge >= 0.3 is 0 Å². The van der Waals surface area contributed by atoms with E-state index in [4.69, 9.17) is 9.26 Å². The summed E-state index contributed by atoms with van der Waals surface area (Å²) in [7, 11) is -2.65. The molecule has 12 heteroatoms. The minimum atomic E-state index is -3.99. The van der Waals surface area contributed by atoms with E-state index in [0.29, 0.717) is 22.2 Å². The van der Waals surface area contributed by atoms with Crippen molar-refractivity contribution < 1.29 is 22.1 Å². The van der Waals surface area contributed by atoms with Gasteiger partial charge in [0, 0.05) is 23.1 Å². The smallest absolute Gasteiger partial charge is 0.263 e. The molecule has 1 N–H and O–H groups in total. The van der Waals surface area contributed by atoms with Crippen LogP contribution < -0.4 is 15.0 Å². The Morgan fingerprint density at radius 1 is 1.19 bits per heavy atom. The molecule has 0 amide bonds. The third-order valence-corrected chi connectivity index (χ3v) is 6.77. The Morgan fingerprint density at radius 2 is 1.94 bits per heavy atom. The fourth-order valence-electron chi connectivity index (χ4n) is 3.09. The van der Waals surface area contributed by atoms with Crippen LogP contribution in [0.3, 0.4) is 0 Å². The van der Waals surface area contributed by atoms with Gasteiger partial charge in [0.05, 0.1) is 17.5 Å². The number of hydrogen-bond acceptors (Lipinski definition) is 7. The molecule has 0 atom stereocenters. The topological polar surface area (TPSA) is 116 Å². The third kappa shape index (κ3) is 3.75. The predicted molar refractivity (Wildman–Crippen MR) is 118 cm³/mol. The van der Waals surface area contributed by atoms with Crippen LogP contribution >= 0.6 is 15.9 Å². The molecule has 0 saturated heterocycles. The molecule has 3 heterocycles. The van der Waals surface area contributed by atoms with Crippen LogP contribution in [0.15, 0.2) is 55.2 Å². The number of anilines is 1. The number of sulfonamides is 1. The number of methoxy groups -OCH3 is 1. The zero-order valence-corrected chi connectivity index (χ0v) is 19.4. The number of nitrogens with one attached hydrogen (secondary N) is 1. The summed E-state index contributed by atoms with van der Waals surface area (Å²) in [6.07, 6.45) is 0. The number of fused-ring (bicyclic) bond motifs is 1. The molecule has 4 rings (SSSR count). The summed E-state index contributed by atoms with van der Waals surface area (Å²) in [6.45, 7) is 3.35. The van der Waals surface area contributed by atoms with Gasteiger partial charge in [-0.3, -0.25) is 14.1 Å². The van der Waals surface area contributed by atoms with Crippen LogP contribution in [0.25, 0.3) is 16.6 Å². The number of rotatable bonds is 5. The molecule has 166 valence electrons. The van der Waals surface area contributed by atoms with E-state index >= 15 is 0 Å². The van der Waals surface area contributed by atoms with Gasteiger partial charge in [0.25, 0.3) is 15.6 Å². The molecule has 32 heavy (non-hydrogen) atoms. The molecule has 1 aromatic carbocycles. The molecule has 0 fully saturated rings. The first kappa shape index (κ1) is 22.0. The molecule has 0 spiro atoms. The van der Waals surface area contributed by atoms with Gasteiger partial charge in [-0.2, -0.15) is 0 Å². The van der Waals surface area contributed by atoms with E-state index in [1.165, 1.54) is 42.0 Å². The van der Waals surface area contributed by atoms with E-state index in [0.717, 1.165) is 6.07 Å². The van der Waals surface area contributed by atoms with Crippen molar-refractivity contribution in [2.24, 2.45) is 0 Å². The van der Waals surface area contributed by atoms with Crippen LogP contribution in [-0.4, -0.2) is 30.2 Å². The number of aryl methyl sites for hydroxylation is 1. The first-order chi connectivity index (χ1) is 15.1. The SMILES string of the molecule is COc1nc(Br)c(F)cc1-n1c(=O)ccc2cc(S(=O)(=O)Nc3noc(C)c3C)ccc21. The molecule has 0 aliphatic rings. The van der Waals surface area contributed by atoms with Crippen LogP contribution in [0.2, 0.25) is 0 Å². The van der Waals surface area contributed by atoms with Crippen molar-refractivity contribution in [1.82, 2.24) is 14.7 Å². The highest BCUT2D eigenvalue weighted by Gasteiger charge is 2.21. The predicted octanol–water partition coefficient (Wildman–Crippen LogP) is 3.70. The Bertz CT molecular complexity index is 1530. The first-order valence-corrected chi connectivity index (χ1v) is 11.4. The molecule has 0 unspecified atom stereocenters. The van der Waals surface area contributed by atoms with Crippen LogP contribution in [0.4, 0.5) is 10.2 Å². The van der Waals surface area contributed by atoms with Crippen molar-refractivity contribution in [3.8, 4) is 11.6 Å². The lowest BCUT2D eigenvalue weighted by Crippen LogP contribution is -2.19. The van der Waals surface area contributed by atoms with Crippen molar-refractivity contribution in [3.05, 3.63) is 68.5 Å². The fraction of sp³-hybridized carbons (Fsp3) is 0.150. The average Bonchev–Trinajstić information content (AvgIpc) is 3.06. The highest BCUT2D eigenvalue weighted by atomic mass is 79.9. The summed E-state index contributed by atoms with van der Waals surface area (Å²) in [5.41, 5.74) is 0.514. The second-order valence-electron chi connectivity index (χ2n) is 6.83. The number of ether oxygens (including phenoxy) is 1. The van der Waals surface area contributed by atoms with Crippen LogP contribution in [0.1, 0.15) is 11.3 Å². The Morgan fingerprint density at radius 3 is 2.59 bits per heavy atom. The van der Waals surface area contributed by atoms with Crippen molar-refractivity contribution in [1.29, 1.82) is 0 Å². The van der Waals surface area contributed by atoms with E-state index < -0.39 is 21.4 Å². The molecule has 0 aliphatic heterocycles. The zero-order valence-electron chi connectivity index (χ0n) is 17.0. The lowest BCUT2D eigenvalue weighted by atomic mass is 10.2. The first-order valence-electron chi connectivity index (χ1n) is 9.14. The molecule has 0 radical (unpaired) electrons. The number of aromatic nitrogens is 3. The summed E-state index contributed by atoms with van der Waals surface area (Å²) in [4.78, 5) is 16.6. The molecule has 0 aliphatic carbocycles. The second kappa shape index (κ2) is 8.02.